The van der Waals surface area contributed by atoms with Crippen molar-refractivity contribution in [3.63, 3.8) is 0 Å². The van der Waals surface area contributed by atoms with Crippen LogP contribution in [0.15, 0.2) is 42.6 Å². The Kier molecular flexibility index (Phi) is 3.86. The minimum Gasteiger partial charge on any atom is -0.490 e. The number of aromatic nitrogens is 1. The van der Waals surface area contributed by atoms with E-state index in [0.717, 1.165) is 35.7 Å². The highest BCUT2D eigenvalue weighted by Gasteiger charge is 2.23. The Bertz CT molecular complexity index is 579. The van der Waals surface area contributed by atoms with Crippen molar-refractivity contribution in [2.24, 2.45) is 0 Å². The van der Waals surface area contributed by atoms with Gasteiger partial charge in [0.1, 0.15) is 5.75 Å². The molecule has 2 aromatic rings. The quantitative estimate of drug-likeness (QED) is 0.856. The molecule has 0 bridgehead atoms. The summed E-state index contributed by atoms with van der Waals surface area (Å²) in [5.74, 6) is 0.943. The van der Waals surface area contributed by atoms with Crippen LogP contribution in [-0.4, -0.2) is 17.6 Å². The van der Waals surface area contributed by atoms with E-state index in [9.17, 15) is 0 Å². The van der Waals surface area contributed by atoms with E-state index < -0.39 is 0 Å². The summed E-state index contributed by atoms with van der Waals surface area (Å²) >= 11 is 0. The van der Waals surface area contributed by atoms with Crippen molar-refractivity contribution >= 4 is 5.69 Å². The maximum atomic E-state index is 5.84. The molecule has 3 heteroatoms. The molecule has 3 rings (SSSR count). The van der Waals surface area contributed by atoms with Gasteiger partial charge >= 0.3 is 0 Å². The van der Waals surface area contributed by atoms with Crippen molar-refractivity contribution in [2.75, 3.05) is 11.9 Å². The molecule has 1 N–H and O–H groups in total. The minimum absolute atomic E-state index is 0.427. The van der Waals surface area contributed by atoms with Crippen LogP contribution in [0.2, 0.25) is 0 Å². The van der Waals surface area contributed by atoms with Gasteiger partial charge in [0.15, 0.2) is 0 Å². The smallest absolute Gasteiger partial charge is 0.120 e. The molecular weight excluding hydrogens is 248 g/mol. The number of hydrogen-bond acceptors (Lipinski definition) is 3. The Balaban J connectivity index is 1.80. The Morgan fingerprint density at radius 3 is 2.95 bits per heavy atom. The fraction of sp³-hybridized carbons (Fsp3) is 0.353. The predicted octanol–water partition coefficient (Wildman–Crippen LogP) is 4.11. The fourth-order valence-electron chi connectivity index (χ4n) is 2.07. The van der Waals surface area contributed by atoms with Crippen molar-refractivity contribution in [1.82, 2.24) is 4.98 Å². The van der Waals surface area contributed by atoms with Gasteiger partial charge in [-0.05, 0) is 43.5 Å². The zero-order chi connectivity index (χ0) is 13.8. The average Bonchev–Trinajstić information content (AvgIpc) is 3.30. The zero-order valence-corrected chi connectivity index (χ0v) is 11.8. The molecule has 3 nitrogen and oxygen atoms in total. The summed E-state index contributed by atoms with van der Waals surface area (Å²) < 4.78 is 5.84. The van der Waals surface area contributed by atoms with E-state index >= 15 is 0 Å². The van der Waals surface area contributed by atoms with Crippen LogP contribution in [0.1, 0.15) is 26.2 Å². The highest BCUT2D eigenvalue weighted by Crippen LogP contribution is 2.29. The third-order valence-corrected chi connectivity index (χ3v) is 3.30. The summed E-state index contributed by atoms with van der Waals surface area (Å²) in [6.07, 6.45) is 5.75. The van der Waals surface area contributed by atoms with Crippen LogP contribution in [0.5, 0.6) is 5.75 Å². The second kappa shape index (κ2) is 5.95. The number of nitrogens with zero attached hydrogens (tertiary/aromatic N) is 1. The first-order valence-electron chi connectivity index (χ1n) is 7.32. The van der Waals surface area contributed by atoms with Gasteiger partial charge in [0.25, 0.3) is 0 Å². The molecule has 1 aliphatic carbocycles. The normalized spacial score (nSPS) is 14.1. The second-order valence-corrected chi connectivity index (χ2v) is 5.20. The Hall–Kier alpha value is -2.03. The van der Waals surface area contributed by atoms with E-state index in [0.29, 0.717) is 6.10 Å². The van der Waals surface area contributed by atoms with Gasteiger partial charge in [-0.2, -0.15) is 0 Å². The molecule has 1 fully saturated rings. The van der Waals surface area contributed by atoms with E-state index in [1.54, 1.807) is 0 Å². The standard InChI is InChI=1S/C17H20N2O/c1-2-9-18-14-8-10-19-17(12-14)13-4-3-5-16(11-13)20-15-6-7-15/h3-5,8,10-12,15H,2,6-7,9H2,1H3,(H,18,19). The molecular formula is C17H20N2O. The van der Waals surface area contributed by atoms with Gasteiger partial charge in [-0.1, -0.05) is 19.1 Å². The SMILES string of the molecule is CCCNc1ccnc(-c2cccc(OC3CC3)c2)c1. The number of hydrogen-bond donors (Lipinski definition) is 1. The van der Waals surface area contributed by atoms with Gasteiger partial charge in [0.05, 0.1) is 11.8 Å². The lowest BCUT2D eigenvalue weighted by Crippen LogP contribution is -2.00. The van der Waals surface area contributed by atoms with Crippen molar-refractivity contribution in [1.29, 1.82) is 0 Å². The van der Waals surface area contributed by atoms with Crippen LogP contribution in [0.4, 0.5) is 5.69 Å². The molecule has 1 heterocycles. The first kappa shape index (κ1) is 13.0. The largest absolute Gasteiger partial charge is 0.490 e. The van der Waals surface area contributed by atoms with Crippen molar-refractivity contribution in [3.8, 4) is 17.0 Å². The Morgan fingerprint density at radius 1 is 1.25 bits per heavy atom. The number of nitrogens with one attached hydrogen (secondary N) is 1. The summed E-state index contributed by atoms with van der Waals surface area (Å²) in [5, 5.41) is 3.39. The zero-order valence-electron chi connectivity index (χ0n) is 11.8. The van der Waals surface area contributed by atoms with Crippen LogP contribution in [-0.2, 0) is 0 Å². The molecule has 0 spiro atoms. The van der Waals surface area contributed by atoms with E-state index in [2.05, 4.69) is 35.4 Å². The van der Waals surface area contributed by atoms with Gasteiger partial charge in [-0.15, -0.1) is 0 Å². The van der Waals surface area contributed by atoms with Crippen LogP contribution in [0, 0.1) is 0 Å². The van der Waals surface area contributed by atoms with Crippen molar-refractivity contribution in [2.45, 2.75) is 32.3 Å². The molecule has 0 amide bonds. The highest BCUT2D eigenvalue weighted by molar-refractivity contribution is 5.65. The lowest BCUT2D eigenvalue weighted by molar-refractivity contribution is 0.303. The second-order valence-electron chi connectivity index (χ2n) is 5.20. The number of rotatable bonds is 6. The summed E-state index contributed by atoms with van der Waals surface area (Å²) in [7, 11) is 0. The van der Waals surface area contributed by atoms with E-state index in [4.69, 9.17) is 4.74 Å². The van der Waals surface area contributed by atoms with Crippen LogP contribution >= 0.6 is 0 Å². The Morgan fingerprint density at radius 2 is 2.15 bits per heavy atom. The number of benzene rings is 1. The summed E-state index contributed by atoms with van der Waals surface area (Å²) in [6.45, 7) is 3.14. The van der Waals surface area contributed by atoms with Gasteiger partial charge in [0.2, 0.25) is 0 Å². The summed E-state index contributed by atoms with van der Waals surface area (Å²) in [6, 6.07) is 12.3. The first-order valence-corrected chi connectivity index (χ1v) is 7.32. The maximum Gasteiger partial charge on any atom is 0.120 e. The first-order chi connectivity index (χ1) is 9.85. The molecule has 0 atom stereocenters. The van der Waals surface area contributed by atoms with Crippen molar-refractivity contribution in [3.05, 3.63) is 42.6 Å². The Labute approximate surface area is 120 Å². The van der Waals surface area contributed by atoms with Gasteiger partial charge < -0.3 is 10.1 Å². The predicted molar refractivity (Wildman–Crippen MR) is 82.1 cm³/mol. The number of pyridine rings is 1. The molecule has 0 radical (unpaired) electrons. The molecule has 104 valence electrons. The van der Waals surface area contributed by atoms with Crippen LogP contribution < -0.4 is 10.1 Å². The molecule has 1 aromatic heterocycles. The minimum atomic E-state index is 0.427. The summed E-state index contributed by atoms with van der Waals surface area (Å²) in [5.41, 5.74) is 3.20. The van der Waals surface area contributed by atoms with E-state index in [-0.39, 0.29) is 0 Å². The summed E-state index contributed by atoms with van der Waals surface area (Å²) in [4.78, 5) is 4.46. The molecule has 0 unspecified atom stereocenters. The van der Waals surface area contributed by atoms with Gasteiger partial charge in [-0.25, -0.2) is 0 Å². The fourth-order valence-corrected chi connectivity index (χ4v) is 2.07. The topological polar surface area (TPSA) is 34.2 Å². The van der Waals surface area contributed by atoms with E-state index in [1.807, 2.05) is 24.4 Å². The van der Waals surface area contributed by atoms with E-state index in [1.165, 1.54) is 12.8 Å². The molecule has 0 saturated heterocycles. The van der Waals surface area contributed by atoms with Gasteiger partial charge in [-0.3, -0.25) is 4.98 Å². The molecule has 1 aromatic carbocycles. The lowest BCUT2D eigenvalue weighted by atomic mass is 10.1. The monoisotopic (exact) mass is 268 g/mol. The molecule has 1 aliphatic rings. The number of anilines is 1. The molecule has 1 saturated carbocycles. The molecule has 20 heavy (non-hydrogen) atoms. The molecule has 0 aliphatic heterocycles. The average molecular weight is 268 g/mol. The highest BCUT2D eigenvalue weighted by atomic mass is 16.5. The third-order valence-electron chi connectivity index (χ3n) is 3.30. The lowest BCUT2D eigenvalue weighted by Gasteiger charge is -2.09. The van der Waals surface area contributed by atoms with Crippen molar-refractivity contribution < 1.29 is 4.74 Å². The maximum absolute atomic E-state index is 5.84. The van der Waals surface area contributed by atoms with Crippen LogP contribution in [0.25, 0.3) is 11.3 Å². The third kappa shape index (κ3) is 3.29. The van der Waals surface area contributed by atoms with Crippen LogP contribution in [0.3, 0.4) is 0 Å². The van der Waals surface area contributed by atoms with Gasteiger partial charge in [0, 0.05) is 24.0 Å². The number of ether oxygens (including phenoxy) is 1.